The van der Waals surface area contributed by atoms with Crippen LogP contribution >= 0.6 is 0 Å². The summed E-state index contributed by atoms with van der Waals surface area (Å²) < 4.78 is 11.3. The summed E-state index contributed by atoms with van der Waals surface area (Å²) >= 11 is 0. The van der Waals surface area contributed by atoms with Gasteiger partial charge < -0.3 is 9.47 Å². The molecule has 3 nitrogen and oxygen atoms in total. The first-order chi connectivity index (χ1) is 12.8. The molecule has 26 heavy (non-hydrogen) atoms. The lowest BCUT2D eigenvalue weighted by Gasteiger charge is -2.26. The molecule has 138 valence electrons. The third kappa shape index (κ3) is 4.96. The summed E-state index contributed by atoms with van der Waals surface area (Å²) in [6.45, 7) is 9.77. The molecule has 0 unspecified atom stereocenters. The third-order valence-corrected chi connectivity index (χ3v) is 4.94. The molecule has 1 heterocycles. The standard InChI is InChI=1S/C23H29NO2/c1-3-19(2)23(20-7-5-4-6-8-20)21-9-11-22(12-10-21)26-18-15-24-13-16-25-17-14-24/h4-12H,3,13-18H2,1-2H3. The summed E-state index contributed by atoms with van der Waals surface area (Å²) in [7, 11) is 0. The fraction of sp³-hybridized carbons (Fsp3) is 0.391. The Labute approximate surface area is 157 Å². The van der Waals surface area contributed by atoms with Gasteiger partial charge in [-0.2, -0.15) is 0 Å². The summed E-state index contributed by atoms with van der Waals surface area (Å²) in [5.41, 5.74) is 5.24. The van der Waals surface area contributed by atoms with E-state index in [2.05, 4.69) is 73.3 Å². The van der Waals surface area contributed by atoms with Crippen LogP contribution < -0.4 is 4.74 Å². The molecule has 0 aromatic heterocycles. The van der Waals surface area contributed by atoms with E-state index in [0.29, 0.717) is 6.61 Å². The third-order valence-electron chi connectivity index (χ3n) is 4.94. The van der Waals surface area contributed by atoms with E-state index in [4.69, 9.17) is 9.47 Å². The zero-order chi connectivity index (χ0) is 18.2. The molecular formula is C23H29NO2. The van der Waals surface area contributed by atoms with Crippen LogP contribution in [0.2, 0.25) is 0 Å². The molecule has 2 aromatic rings. The summed E-state index contributed by atoms with van der Waals surface area (Å²) in [6, 6.07) is 19.1. The first kappa shape index (κ1) is 18.7. The SMILES string of the molecule is CCC(C)=C(c1ccccc1)c1ccc(OCCN2CCOCC2)cc1. The summed E-state index contributed by atoms with van der Waals surface area (Å²) in [6.07, 6.45) is 1.04. The van der Waals surface area contributed by atoms with Gasteiger partial charge in [-0.1, -0.05) is 55.0 Å². The van der Waals surface area contributed by atoms with Gasteiger partial charge in [-0.3, -0.25) is 4.90 Å². The highest BCUT2D eigenvalue weighted by atomic mass is 16.5. The molecule has 1 aliphatic heterocycles. The lowest BCUT2D eigenvalue weighted by Crippen LogP contribution is -2.38. The number of benzene rings is 2. The smallest absolute Gasteiger partial charge is 0.119 e. The first-order valence-corrected chi connectivity index (χ1v) is 9.56. The molecule has 0 bridgehead atoms. The van der Waals surface area contributed by atoms with Crippen molar-refractivity contribution in [3.63, 3.8) is 0 Å². The zero-order valence-electron chi connectivity index (χ0n) is 15.9. The zero-order valence-corrected chi connectivity index (χ0v) is 15.9. The number of hydrogen-bond donors (Lipinski definition) is 0. The van der Waals surface area contributed by atoms with E-state index in [9.17, 15) is 0 Å². The number of allylic oxidation sites excluding steroid dienone is 1. The predicted octanol–water partition coefficient (Wildman–Crippen LogP) is 4.63. The Morgan fingerprint density at radius 1 is 0.962 bits per heavy atom. The van der Waals surface area contributed by atoms with E-state index < -0.39 is 0 Å². The fourth-order valence-electron chi connectivity index (χ4n) is 3.28. The van der Waals surface area contributed by atoms with Crippen LogP contribution in [-0.2, 0) is 4.74 Å². The van der Waals surface area contributed by atoms with Crippen molar-refractivity contribution in [3.8, 4) is 5.75 Å². The van der Waals surface area contributed by atoms with Crippen molar-refractivity contribution in [3.05, 3.63) is 71.3 Å². The lowest BCUT2D eigenvalue weighted by atomic mass is 9.92. The maximum absolute atomic E-state index is 5.94. The Kier molecular flexibility index (Phi) is 6.87. The minimum atomic E-state index is 0.717. The average molecular weight is 351 g/mol. The molecule has 0 amide bonds. The van der Waals surface area contributed by atoms with Crippen LogP contribution in [-0.4, -0.2) is 44.4 Å². The number of morpholine rings is 1. The highest BCUT2D eigenvalue weighted by molar-refractivity contribution is 5.82. The van der Waals surface area contributed by atoms with Crippen molar-refractivity contribution in [1.82, 2.24) is 4.90 Å². The summed E-state index contributed by atoms with van der Waals surface area (Å²) in [4.78, 5) is 2.39. The van der Waals surface area contributed by atoms with Crippen LogP contribution in [0, 0.1) is 0 Å². The minimum absolute atomic E-state index is 0.717. The second kappa shape index (κ2) is 9.56. The monoisotopic (exact) mass is 351 g/mol. The van der Waals surface area contributed by atoms with Gasteiger partial charge in [0, 0.05) is 19.6 Å². The van der Waals surface area contributed by atoms with Crippen LogP contribution in [0.3, 0.4) is 0 Å². The van der Waals surface area contributed by atoms with E-state index in [0.717, 1.165) is 45.0 Å². The molecule has 0 spiro atoms. The van der Waals surface area contributed by atoms with Crippen molar-refractivity contribution in [2.24, 2.45) is 0 Å². The van der Waals surface area contributed by atoms with Crippen LogP contribution in [0.1, 0.15) is 31.4 Å². The van der Waals surface area contributed by atoms with Gasteiger partial charge in [0.05, 0.1) is 13.2 Å². The van der Waals surface area contributed by atoms with E-state index in [-0.39, 0.29) is 0 Å². The van der Waals surface area contributed by atoms with Crippen molar-refractivity contribution in [1.29, 1.82) is 0 Å². The van der Waals surface area contributed by atoms with Gasteiger partial charge in [0.1, 0.15) is 12.4 Å². The van der Waals surface area contributed by atoms with Crippen molar-refractivity contribution in [2.45, 2.75) is 20.3 Å². The Bertz CT molecular complexity index is 701. The molecule has 1 fully saturated rings. The van der Waals surface area contributed by atoms with Crippen molar-refractivity contribution < 1.29 is 9.47 Å². The van der Waals surface area contributed by atoms with Crippen LogP contribution in [0.15, 0.2) is 60.2 Å². The normalized spacial score (nSPS) is 16.2. The topological polar surface area (TPSA) is 21.7 Å². The summed E-state index contributed by atoms with van der Waals surface area (Å²) in [5.74, 6) is 0.934. The maximum Gasteiger partial charge on any atom is 0.119 e. The molecule has 1 saturated heterocycles. The van der Waals surface area contributed by atoms with Gasteiger partial charge >= 0.3 is 0 Å². The lowest BCUT2D eigenvalue weighted by molar-refractivity contribution is 0.0322. The van der Waals surface area contributed by atoms with Crippen molar-refractivity contribution >= 4 is 5.57 Å². The largest absolute Gasteiger partial charge is 0.492 e. The highest BCUT2D eigenvalue weighted by Crippen LogP contribution is 2.29. The summed E-state index contributed by atoms with van der Waals surface area (Å²) in [5, 5.41) is 0. The Morgan fingerprint density at radius 3 is 2.27 bits per heavy atom. The number of rotatable bonds is 7. The van der Waals surface area contributed by atoms with Gasteiger partial charge in [0.15, 0.2) is 0 Å². The molecular weight excluding hydrogens is 322 g/mol. The van der Waals surface area contributed by atoms with Gasteiger partial charge in [0.2, 0.25) is 0 Å². The van der Waals surface area contributed by atoms with E-state index in [1.807, 2.05) is 0 Å². The second-order valence-corrected chi connectivity index (χ2v) is 6.70. The van der Waals surface area contributed by atoms with Crippen LogP contribution in [0.5, 0.6) is 5.75 Å². The quantitative estimate of drug-likeness (QED) is 0.726. The van der Waals surface area contributed by atoms with Gasteiger partial charge in [-0.05, 0) is 42.2 Å². The molecule has 2 aromatic carbocycles. The van der Waals surface area contributed by atoms with Crippen molar-refractivity contribution in [2.75, 3.05) is 39.5 Å². The number of nitrogens with zero attached hydrogens (tertiary/aromatic N) is 1. The first-order valence-electron chi connectivity index (χ1n) is 9.56. The molecule has 0 saturated carbocycles. The molecule has 0 atom stereocenters. The maximum atomic E-state index is 5.94. The Morgan fingerprint density at radius 2 is 1.62 bits per heavy atom. The van der Waals surface area contributed by atoms with E-state index in [1.54, 1.807) is 0 Å². The highest BCUT2D eigenvalue weighted by Gasteiger charge is 2.11. The van der Waals surface area contributed by atoms with E-state index in [1.165, 1.54) is 22.3 Å². The second-order valence-electron chi connectivity index (χ2n) is 6.70. The predicted molar refractivity (Wildman–Crippen MR) is 108 cm³/mol. The van der Waals surface area contributed by atoms with Crippen LogP contribution in [0.25, 0.3) is 5.57 Å². The Hall–Kier alpha value is -2.10. The molecule has 3 heteroatoms. The number of hydrogen-bond acceptors (Lipinski definition) is 3. The van der Waals surface area contributed by atoms with E-state index >= 15 is 0 Å². The average Bonchev–Trinajstić information content (AvgIpc) is 2.71. The molecule has 1 aliphatic rings. The Balaban J connectivity index is 1.65. The molecule has 3 rings (SSSR count). The van der Waals surface area contributed by atoms with Crippen LogP contribution in [0.4, 0.5) is 0 Å². The number of ether oxygens (including phenoxy) is 2. The molecule has 0 N–H and O–H groups in total. The minimum Gasteiger partial charge on any atom is -0.492 e. The van der Waals surface area contributed by atoms with Gasteiger partial charge in [-0.15, -0.1) is 0 Å². The van der Waals surface area contributed by atoms with Gasteiger partial charge in [0.25, 0.3) is 0 Å². The fourth-order valence-corrected chi connectivity index (χ4v) is 3.28. The van der Waals surface area contributed by atoms with Gasteiger partial charge in [-0.25, -0.2) is 0 Å². The molecule has 0 aliphatic carbocycles. The molecule has 0 radical (unpaired) electrons.